The van der Waals surface area contributed by atoms with Crippen LogP contribution < -0.4 is 5.49 Å². The van der Waals surface area contributed by atoms with Gasteiger partial charge in [-0.1, -0.05) is 31.9 Å². The number of benzene rings is 2. The van der Waals surface area contributed by atoms with Crippen molar-refractivity contribution in [1.29, 1.82) is 0 Å². The number of carbonyl (C=O) groups is 6. The van der Waals surface area contributed by atoms with Gasteiger partial charge in [0, 0.05) is 14.5 Å². The fourth-order valence-corrected chi connectivity index (χ4v) is 7.91. The predicted octanol–water partition coefficient (Wildman–Crippen LogP) is 4.74. The Morgan fingerprint density at radius 2 is 1.02 bits per heavy atom. The molecule has 52 heavy (non-hydrogen) atoms. The minimum absolute atomic E-state index is 0.267. The van der Waals surface area contributed by atoms with Crippen molar-refractivity contribution in [2.45, 2.75) is 33.1 Å². The van der Waals surface area contributed by atoms with E-state index in [2.05, 4.69) is 31.9 Å². The maximum atomic E-state index is 14.3. The molecule has 0 saturated carbocycles. The minimum atomic E-state index is -3.08. The molecule has 1 heterocycles. The number of halogens is 2. The fraction of sp³-hybridized carbons (Fsp3) is 0.306. The number of rotatable bonds is 8. The fourth-order valence-electron chi connectivity index (χ4n) is 6.54. The Bertz CT molecular complexity index is 2140. The molecule has 14 nitrogen and oxygen atoms in total. The summed E-state index contributed by atoms with van der Waals surface area (Å²) in [4.78, 5) is 90.0. The molecule has 0 amide bonds. The van der Waals surface area contributed by atoms with Crippen molar-refractivity contribution < 1.29 is 57.2 Å². The number of aryl methyl sites for hydroxylation is 4. The zero-order valence-electron chi connectivity index (χ0n) is 29.9. The van der Waals surface area contributed by atoms with Crippen LogP contribution in [0.15, 0.2) is 43.8 Å². The molecule has 1 aromatic heterocycles. The van der Waals surface area contributed by atoms with Crippen LogP contribution in [0.2, 0.25) is 0 Å². The molecule has 2 aromatic carbocycles. The summed E-state index contributed by atoms with van der Waals surface area (Å²) in [7, 11) is 5.81. The average Bonchev–Trinajstić information content (AvgIpc) is 3.42. The monoisotopic (exact) mass is 844 g/mol. The van der Waals surface area contributed by atoms with Gasteiger partial charge in [0.2, 0.25) is 5.41 Å². The third-order valence-corrected chi connectivity index (χ3v) is 9.44. The summed E-state index contributed by atoms with van der Waals surface area (Å²) in [5.41, 5.74) is -4.55. The lowest BCUT2D eigenvalue weighted by Gasteiger charge is -2.30. The molecule has 0 atom stereocenters. The molecule has 0 N–H and O–H groups in total. The summed E-state index contributed by atoms with van der Waals surface area (Å²) in [5.74, 6) is -7.98. The van der Waals surface area contributed by atoms with Crippen molar-refractivity contribution in [3.63, 3.8) is 0 Å². The van der Waals surface area contributed by atoms with Gasteiger partial charge in [0.1, 0.15) is 5.56 Å². The van der Waals surface area contributed by atoms with Crippen LogP contribution in [0.1, 0.15) is 54.2 Å². The first-order chi connectivity index (χ1) is 24.5. The second-order valence-electron chi connectivity index (χ2n) is 11.5. The minimum Gasteiger partial charge on any atom is -0.468 e. The third-order valence-electron chi connectivity index (χ3n) is 8.53. The van der Waals surface area contributed by atoms with Gasteiger partial charge < -0.3 is 28.4 Å². The van der Waals surface area contributed by atoms with E-state index < -0.39 is 74.8 Å². The smallest absolute Gasteiger partial charge is 0.342 e. The number of pyridine rings is 1. The van der Waals surface area contributed by atoms with E-state index in [0.29, 0.717) is 32.4 Å². The number of carbonyl (C=O) groups excluding carboxylic acids is 6. The van der Waals surface area contributed by atoms with Crippen molar-refractivity contribution in [3.05, 3.63) is 88.9 Å². The van der Waals surface area contributed by atoms with Gasteiger partial charge >= 0.3 is 35.8 Å². The Balaban J connectivity index is 2.71. The molecular weight excluding hydrogens is 812 g/mol. The van der Waals surface area contributed by atoms with Crippen LogP contribution in [0.5, 0.6) is 0 Å². The van der Waals surface area contributed by atoms with Crippen LogP contribution in [0, 0.1) is 27.7 Å². The van der Waals surface area contributed by atoms with Crippen molar-refractivity contribution in [2.24, 2.45) is 4.99 Å². The van der Waals surface area contributed by atoms with Gasteiger partial charge in [-0.15, -0.1) is 0 Å². The van der Waals surface area contributed by atoms with E-state index in [1.165, 1.54) is 4.57 Å². The molecule has 1 aliphatic rings. The van der Waals surface area contributed by atoms with Crippen molar-refractivity contribution in [1.82, 2.24) is 4.57 Å². The van der Waals surface area contributed by atoms with Gasteiger partial charge in [-0.3, -0.25) is 14.2 Å². The number of aromatic nitrogens is 1. The summed E-state index contributed by atoms with van der Waals surface area (Å²) in [6.45, 7) is 6.95. The molecule has 4 rings (SSSR count). The Morgan fingerprint density at radius 3 is 1.44 bits per heavy atom. The summed E-state index contributed by atoms with van der Waals surface area (Å²) in [6.07, 6.45) is 0. The topological polar surface area (TPSA) is 175 Å². The number of fused-ring (bicyclic) bond motifs is 1. The van der Waals surface area contributed by atoms with E-state index in [1.54, 1.807) is 52.0 Å². The Labute approximate surface area is 314 Å². The molecule has 0 aliphatic heterocycles. The first-order valence-corrected chi connectivity index (χ1v) is 16.8. The third kappa shape index (κ3) is 6.12. The highest BCUT2D eigenvalue weighted by Crippen LogP contribution is 2.52. The molecule has 16 heteroatoms. The number of esters is 6. The van der Waals surface area contributed by atoms with Crippen LogP contribution in [-0.2, 0) is 53.0 Å². The van der Waals surface area contributed by atoms with Gasteiger partial charge in [-0.05, 0) is 74.2 Å². The van der Waals surface area contributed by atoms with Crippen molar-refractivity contribution in [2.75, 3.05) is 42.7 Å². The molecule has 0 fully saturated rings. The standard InChI is InChI=1S/C36H34Br2N2O12/c1-15-11-19(37)12-16(2)26(15)39-29-22(31(42)48-6)21(30(41)47-5)24-28(40(29)27-17(3)13-20(38)14-18(27)4)23(32(43)49-7)25(33(44)50-8)36(24,34(45)51-9)35(46)52-10/h11-14H,1-10H3. The van der Waals surface area contributed by atoms with Gasteiger partial charge in [-0.25, -0.2) is 24.2 Å². The van der Waals surface area contributed by atoms with Gasteiger partial charge in [0.25, 0.3) is 0 Å². The zero-order valence-corrected chi connectivity index (χ0v) is 33.0. The van der Waals surface area contributed by atoms with Gasteiger partial charge in [-0.2, -0.15) is 0 Å². The number of hydrogen-bond acceptors (Lipinski definition) is 13. The Kier molecular flexibility index (Phi) is 11.6. The van der Waals surface area contributed by atoms with Crippen LogP contribution >= 0.6 is 31.9 Å². The van der Waals surface area contributed by atoms with Crippen molar-refractivity contribution in [3.8, 4) is 5.69 Å². The maximum Gasteiger partial charge on any atom is 0.342 e. The average molecular weight is 846 g/mol. The van der Waals surface area contributed by atoms with E-state index in [-0.39, 0.29) is 11.2 Å². The lowest BCUT2D eigenvalue weighted by atomic mass is 9.74. The Hall–Kier alpha value is -5.09. The zero-order chi connectivity index (χ0) is 39.0. The summed E-state index contributed by atoms with van der Waals surface area (Å²) in [5, 5.41) is 0. The van der Waals surface area contributed by atoms with Gasteiger partial charge in [0.15, 0.2) is 5.49 Å². The molecule has 0 saturated heterocycles. The highest BCUT2D eigenvalue weighted by Gasteiger charge is 2.66. The molecule has 1 aliphatic carbocycles. The van der Waals surface area contributed by atoms with Crippen LogP contribution in [0.3, 0.4) is 0 Å². The summed E-state index contributed by atoms with van der Waals surface area (Å²) in [6, 6.07) is 6.99. The Morgan fingerprint density at radius 1 is 0.596 bits per heavy atom. The predicted molar refractivity (Wildman–Crippen MR) is 191 cm³/mol. The summed E-state index contributed by atoms with van der Waals surface area (Å²) >= 11 is 6.96. The number of hydrogen-bond donors (Lipinski definition) is 0. The molecule has 3 aromatic rings. The number of nitrogens with zero attached hydrogens (tertiary/aromatic N) is 2. The van der Waals surface area contributed by atoms with Crippen LogP contribution in [-0.4, -0.2) is 83.0 Å². The lowest BCUT2D eigenvalue weighted by molar-refractivity contribution is -0.161. The van der Waals surface area contributed by atoms with E-state index >= 15 is 0 Å². The van der Waals surface area contributed by atoms with E-state index in [9.17, 15) is 28.8 Å². The van der Waals surface area contributed by atoms with Crippen molar-refractivity contribution >= 4 is 78.9 Å². The van der Waals surface area contributed by atoms with E-state index in [4.69, 9.17) is 33.4 Å². The van der Waals surface area contributed by atoms with E-state index in [0.717, 1.165) is 47.1 Å². The highest BCUT2D eigenvalue weighted by atomic mass is 79.9. The van der Waals surface area contributed by atoms with Crippen LogP contribution in [0.25, 0.3) is 11.3 Å². The lowest BCUT2D eigenvalue weighted by Crippen LogP contribution is -2.50. The first-order valence-electron chi connectivity index (χ1n) is 15.2. The number of methoxy groups -OCH3 is 6. The highest BCUT2D eigenvalue weighted by molar-refractivity contribution is 9.10. The van der Waals surface area contributed by atoms with E-state index in [1.807, 2.05) is 0 Å². The normalized spacial score (nSPS) is 13.3. The SMILES string of the molecule is COC(=O)C1=C(C(=O)OC)C(C(=O)OC)(C(=O)OC)c2c(C(=O)OC)c(C(=O)OC)c(=Nc3c(C)cc(Br)cc3C)n(-c3c(C)cc(Br)cc3C)c21. The second kappa shape index (κ2) is 15.3. The maximum absolute atomic E-state index is 14.3. The molecule has 0 radical (unpaired) electrons. The largest absolute Gasteiger partial charge is 0.468 e. The van der Waals surface area contributed by atoms with Gasteiger partial charge in [0.05, 0.1) is 76.4 Å². The molecule has 274 valence electrons. The number of ether oxygens (including phenoxy) is 6. The second-order valence-corrected chi connectivity index (χ2v) is 13.3. The quantitative estimate of drug-likeness (QED) is 0.173. The molecule has 0 bridgehead atoms. The van der Waals surface area contributed by atoms with Crippen LogP contribution in [0.4, 0.5) is 5.69 Å². The molecule has 0 unspecified atom stereocenters. The molecular formula is C36H34Br2N2O12. The first kappa shape index (κ1) is 39.7. The molecule has 0 spiro atoms. The summed E-state index contributed by atoms with van der Waals surface area (Å²) < 4.78 is 33.6.